The van der Waals surface area contributed by atoms with Crippen LogP contribution in [-0.2, 0) is 5.41 Å². The van der Waals surface area contributed by atoms with Crippen molar-refractivity contribution in [3.05, 3.63) is 71.8 Å². The van der Waals surface area contributed by atoms with Gasteiger partial charge in [-0.3, -0.25) is 0 Å². The molecule has 0 amide bonds. The molecular formula is C19H25N. The highest BCUT2D eigenvalue weighted by molar-refractivity contribution is 5.31. The van der Waals surface area contributed by atoms with Crippen molar-refractivity contribution in [3.63, 3.8) is 0 Å². The van der Waals surface area contributed by atoms with Crippen molar-refractivity contribution < 1.29 is 0 Å². The summed E-state index contributed by atoms with van der Waals surface area (Å²) in [7, 11) is 0. The summed E-state index contributed by atoms with van der Waals surface area (Å²) in [6, 6.07) is 21.9. The molecule has 0 bridgehead atoms. The van der Waals surface area contributed by atoms with Crippen molar-refractivity contribution >= 4 is 0 Å². The molecule has 2 rings (SSSR count). The molecule has 0 aliphatic heterocycles. The highest BCUT2D eigenvalue weighted by atomic mass is 14.9. The summed E-state index contributed by atoms with van der Waals surface area (Å²) in [5, 5.41) is 3.72. The van der Waals surface area contributed by atoms with Crippen LogP contribution in [0.1, 0.15) is 44.4 Å². The van der Waals surface area contributed by atoms with E-state index in [1.54, 1.807) is 0 Å². The first-order valence-electron chi connectivity index (χ1n) is 7.50. The number of benzene rings is 2. The SMILES string of the molecule is CCCNC(c1ccccc1)C(C)(C)c1ccccc1. The maximum Gasteiger partial charge on any atom is 0.0412 e. The molecule has 0 fully saturated rings. The Kier molecular flexibility index (Phi) is 4.97. The van der Waals surface area contributed by atoms with E-state index in [9.17, 15) is 0 Å². The molecule has 2 aromatic rings. The third-order valence-electron chi connectivity index (χ3n) is 3.97. The van der Waals surface area contributed by atoms with Crippen LogP contribution in [0, 0.1) is 0 Å². The van der Waals surface area contributed by atoms with Gasteiger partial charge < -0.3 is 5.32 Å². The molecule has 0 aliphatic carbocycles. The van der Waals surface area contributed by atoms with Crippen LogP contribution in [0.2, 0.25) is 0 Å². The van der Waals surface area contributed by atoms with Crippen LogP contribution in [0.15, 0.2) is 60.7 Å². The second-order valence-electron chi connectivity index (χ2n) is 5.89. The number of hydrogen-bond acceptors (Lipinski definition) is 1. The normalized spacial score (nSPS) is 13.2. The van der Waals surface area contributed by atoms with E-state index in [4.69, 9.17) is 0 Å². The minimum Gasteiger partial charge on any atom is -0.309 e. The van der Waals surface area contributed by atoms with Crippen molar-refractivity contribution in [1.29, 1.82) is 0 Å². The Balaban J connectivity index is 2.35. The molecule has 20 heavy (non-hydrogen) atoms. The molecule has 1 nitrogen and oxygen atoms in total. The predicted octanol–water partition coefficient (Wildman–Crippen LogP) is 4.71. The zero-order chi connectivity index (χ0) is 14.4. The quantitative estimate of drug-likeness (QED) is 0.799. The third kappa shape index (κ3) is 3.29. The van der Waals surface area contributed by atoms with E-state index in [2.05, 4.69) is 86.8 Å². The highest BCUT2D eigenvalue weighted by Crippen LogP contribution is 2.36. The molecule has 1 unspecified atom stereocenters. The van der Waals surface area contributed by atoms with Gasteiger partial charge in [0.1, 0.15) is 0 Å². The van der Waals surface area contributed by atoms with Crippen LogP contribution in [0.4, 0.5) is 0 Å². The van der Waals surface area contributed by atoms with Gasteiger partial charge in [0.25, 0.3) is 0 Å². The zero-order valence-electron chi connectivity index (χ0n) is 12.8. The lowest BCUT2D eigenvalue weighted by molar-refractivity contribution is 0.348. The van der Waals surface area contributed by atoms with Gasteiger partial charge in [-0.05, 0) is 24.1 Å². The van der Waals surface area contributed by atoms with E-state index < -0.39 is 0 Å². The molecule has 1 atom stereocenters. The Bertz CT molecular complexity index is 502. The minimum atomic E-state index is 0.0534. The molecule has 0 heterocycles. The second-order valence-corrected chi connectivity index (χ2v) is 5.89. The van der Waals surface area contributed by atoms with E-state index in [0.717, 1.165) is 13.0 Å². The van der Waals surface area contributed by atoms with Crippen LogP contribution >= 0.6 is 0 Å². The maximum atomic E-state index is 3.72. The molecule has 106 valence electrons. The first kappa shape index (κ1) is 14.8. The molecule has 0 saturated carbocycles. The number of nitrogens with one attached hydrogen (secondary N) is 1. The van der Waals surface area contributed by atoms with E-state index in [1.807, 2.05) is 0 Å². The van der Waals surface area contributed by atoms with Gasteiger partial charge in [-0.15, -0.1) is 0 Å². The van der Waals surface area contributed by atoms with Gasteiger partial charge in [-0.1, -0.05) is 81.4 Å². The molecular weight excluding hydrogens is 242 g/mol. The molecule has 0 radical (unpaired) electrons. The van der Waals surface area contributed by atoms with Crippen LogP contribution in [-0.4, -0.2) is 6.54 Å². The summed E-state index contributed by atoms with van der Waals surface area (Å²) in [6.07, 6.45) is 1.15. The molecule has 1 N–H and O–H groups in total. The molecule has 0 spiro atoms. The fraction of sp³-hybridized carbons (Fsp3) is 0.368. The van der Waals surface area contributed by atoms with Gasteiger partial charge in [0.05, 0.1) is 0 Å². The fourth-order valence-corrected chi connectivity index (χ4v) is 2.76. The van der Waals surface area contributed by atoms with Crippen LogP contribution < -0.4 is 5.32 Å². The summed E-state index contributed by atoms with van der Waals surface area (Å²) in [5.74, 6) is 0. The van der Waals surface area contributed by atoms with E-state index >= 15 is 0 Å². The van der Waals surface area contributed by atoms with Gasteiger partial charge >= 0.3 is 0 Å². The van der Waals surface area contributed by atoms with E-state index in [0.29, 0.717) is 6.04 Å². The number of hydrogen-bond donors (Lipinski definition) is 1. The Morgan fingerprint density at radius 2 is 1.45 bits per heavy atom. The predicted molar refractivity (Wildman–Crippen MR) is 86.9 cm³/mol. The monoisotopic (exact) mass is 267 g/mol. The average Bonchev–Trinajstić information content (AvgIpc) is 2.49. The highest BCUT2D eigenvalue weighted by Gasteiger charge is 2.31. The topological polar surface area (TPSA) is 12.0 Å². The lowest BCUT2D eigenvalue weighted by Crippen LogP contribution is -2.37. The number of rotatable bonds is 6. The van der Waals surface area contributed by atoms with Crippen LogP contribution in [0.25, 0.3) is 0 Å². The fourth-order valence-electron chi connectivity index (χ4n) is 2.76. The van der Waals surface area contributed by atoms with Crippen LogP contribution in [0.3, 0.4) is 0 Å². The van der Waals surface area contributed by atoms with Crippen molar-refractivity contribution in [2.45, 2.75) is 38.6 Å². The average molecular weight is 267 g/mol. The van der Waals surface area contributed by atoms with Gasteiger partial charge in [0.2, 0.25) is 0 Å². The molecule has 2 aromatic carbocycles. The summed E-state index contributed by atoms with van der Waals surface area (Å²) in [6.45, 7) is 7.89. The van der Waals surface area contributed by atoms with Crippen molar-refractivity contribution in [2.75, 3.05) is 6.54 Å². The standard InChI is InChI=1S/C19H25N/c1-4-15-20-18(16-11-7-5-8-12-16)19(2,3)17-13-9-6-10-14-17/h5-14,18,20H,4,15H2,1-3H3. The van der Waals surface area contributed by atoms with Crippen LogP contribution in [0.5, 0.6) is 0 Å². The minimum absolute atomic E-state index is 0.0534. The summed E-state index contributed by atoms with van der Waals surface area (Å²) in [4.78, 5) is 0. The lowest BCUT2D eigenvalue weighted by atomic mass is 9.75. The Labute approximate surface area is 123 Å². The van der Waals surface area contributed by atoms with E-state index in [-0.39, 0.29) is 5.41 Å². The summed E-state index contributed by atoms with van der Waals surface area (Å²) >= 11 is 0. The second kappa shape index (κ2) is 6.71. The Hall–Kier alpha value is -1.60. The van der Waals surface area contributed by atoms with Crippen molar-refractivity contribution in [3.8, 4) is 0 Å². The van der Waals surface area contributed by atoms with E-state index in [1.165, 1.54) is 11.1 Å². The summed E-state index contributed by atoms with van der Waals surface area (Å²) in [5.41, 5.74) is 2.78. The molecule has 1 heteroatoms. The van der Waals surface area contributed by atoms with Gasteiger partial charge in [-0.2, -0.15) is 0 Å². The smallest absolute Gasteiger partial charge is 0.0412 e. The van der Waals surface area contributed by atoms with Gasteiger partial charge in [-0.25, -0.2) is 0 Å². The maximum absolute atomic E-state index is 3.72. The first-order chi connectivity index (χ1) is 9.66. The zero-order valence-corrected chi connectivity index (χ0v) is 12.8. The lowest BCUT2D eigenvalue weighted by Gasteiger charge is -2.36. The largest absolute Gasteiger partial charge is 0.309 e. The third-order valence-corrected chi connectivity index (χ3v) is 3.97. The Morgan fingerprint density at radius 3 is 2.00 bits per heavy atom. The molecule has 0 aromatic heterocycles. The Morgan fingerprint density at radius 1 is 0.900 bits per heavy atom. The van der Waals surface area contributed by atoms with Crippen molar-refractivity contribution in [1.82, 2.24) is 5.32 Å². The summed E-state index contributed by atoms with van der Waals surface area (Å²) < 4.78 is 0. The van der Waals surface area contributed by atoms with Gasteiger partial charge in [0.15, 0.2) is 0 Å². The first-order valence-corrected chi connectivity index (χ1v) is 7.50. The van der Waals surface area contributed by atoms with Crippen molar-refractivity contribution in [2.24, 2.45) is 0 Å². The van der Waals surface area contributed by atoms with Gasteiger partial charge in [0, 0.05) is 11.5 Å². The molecule has 0 aliphatic rings. The molecule has 0 saturated heterocycles.